The zero-order valence-corrected chi connectivity index (χ0v) is 12.4. The summed E-state index contributed by atoms with van der Waals surface area (Å²) in [6.07, 6.45) is -0.486. The predicted octanol–water partition coefficient (Wildman–Crippen LogP) is 1.96. The molecular weight excluding hydrogens is 319 g/mol. The van der Waals surface area contributed by atoms with Crippen LogP contribution >= 0.6 is 18.9 Å². The summed E-state index contributed by atoms with van der Waals surface area (Å²) in [7, 11) is -4.16. The Labute approximate surface area is 123 Å². The van der Waals surface area contributed by atoms with E-state index < -0.39 is 19.7 Å². The van der Waals surface area contributed by atoms with Crippen LogP contribution in [0.3, 0.4) is 0 Å². The van der Waals surface area contributed by atoms with Crippen LogP contribution in [0.25, 0.3) is 10.1 Å². The molecular formula is C12H11O7PS. The summed E-state index contributed by atoms with van der Waals surface area (Å²) in [5.74, 6) is 0.652. The van der Waals surface area contributed by atoms with Gasteiger partial charge < -0.3 is 24.0 Å². The van der Waals surface area contributed by atoms with Crippen molar-refractivity contribution in [1.82, 2.24) is 0 Å². The van der Waals surface area contributed by atoms with Gasteiger partial charge in [-0.3, -0.25) is 4.57 Å². The maximum Gasteiger partial charge on any atom is 0.348 e. The van der Waals surface area contributed by atoms with E-state index in [4.69, 9.17) is 24.0 Å². The average Bonchev–Trinajstić information content (AvgIpc) is 2.98. The number of carbonyl (C=O) groups is 1. The predicted molar refractivity (Wildman–Crippen MR) is 75.1 cm³/mol. The molecule has 0 fully saturated rings. The molecule has 0 unspecified atom stereocenters. The number of ether oxygens (including phenoxy) is 3. The number of thiophene rings is 1. The van der Waals surface area contributed by atoms with Gasteiger partial charge in [0, 0.05) is 10.8 Å². The zero-order valence-electron chi connectivity index (χ0n) is 10.6. The molecule has 0 saturated carbocycles. The minimum absolute atomic E-state index is 0.184. The second-order valence-corrected chi connectivity index (χ2v) is 7.24. The molecule has 2 heterocycles. The summed E-state index contributed by atoms with van der Waals surface area (Å²) in [6.45, 7) is -0.135. The third kappa shape index (κ3) is 3.19. The highest BCUT2D eigenvalue weighted by molar-refractivity contribution is 7.51. The lowest BCUT2D eigenvalue weighted by Gasteiger charge is -2.04. The second kappa shape index (κ2) is 5.31. The van der Waals surface area contributed by atoms with Crippen molar-refractivity contribution in [1.29, 1.82) is 0 Å². The summed E-state index contributed by atoms with van der Waals surface area (Å²) in [4.78, 5) is 29.6. The van der Waals surface area contributed by atoms with E-state index in [1.54, 1.807) is 18.2 Å². The summed E-state index contributed by atoms with van der Waals surface area (Å²) < 4.78 is 26.9. The number of benzene rings is 1. The second-order valence-electron chi connectivity index (χ2n) is 4.38. The lowest BCUT2D eigenvalue weighted by Crippen LogP contribution is -2.07. The summed E-state index contributed by atoms with van der Waals surface area (Å²) in [6, 6.07) is 5.22. The Morgan fingerprint density at radius 1 is 1.29 bits per heavy atom. The van der Waals surface area contributed by atoms with Crippen molar-refractivity contribution < 1.29 is 33.4 Å². The van der Waals surface area contributed by atoms with Gasteiger partial charge in [-0.05, 0) is 17.5 Å². The number of hydrogen-bond acceptors (Lipinski definition) is 6. The van der Waals surface area contributed by atoms with E-state index in [1.165, 1.54) is 11.3 Å². The Hall–Kier alpha value is -1.60. The van der Waals surface area contributed by atoms with Gasteiger partial charge in [0.25, 0.3) is 0 Å². The molecule has 2 N–H and O–H groups in total. The van der Waals surface area contributed by atoms with Crippen LogP contribution in [0, 0.1) is 0 Å². The fourth-order valence-corrected chi connectivity index (χ4v) is 3.15. The SMILES string of the molecule is O=C(OCCP(=O)(O)O)c1cc2cc3c(cc2s1)OCO3. The molecule has 0 saturated heterocycles. The first-order valence-corrected chi connectivity index (χ1v) is 8.59. The molecule has 9 heteroatoms. The van der Waals surface area contributed by atoms with Crippen molar-refractivity contribution in [2.24, 2.45) is 0 Å². The fourth-order valence-electron chi connectivity index (χ4n) is 1.86. The molecule has 0 bridgehead atoms. The maximum absolute atomic E-state index is 11.8. The highest BCUT2D eigenvalue weighted by Gasteiger charge is 2.19. The molecule has 1 aromatic carbocycles. The number of carbonyl (C=O) groups excluding carboxylic acids is 1. The molecule has 0 amide bonds. The largest absolute Gasteiger partial charge is 0.461 e. The van der Waals surface area contributed by atoms with Crippen LogP contribution < -0.4 is 9.47 Å². The van der Waals surface area contributed by atoms with Crippen molar-refractivity contribution in [2.45, 2.75) is 0 Å². The third-order valence-corrected chi connectivity index (χ3v) is 4.67. The molecule has 1 aliphatic heterocycles. The molecule has 0 spiro atoms. The van der Waals surface area contributed by atoms with E-state index >= 15 is 0 Å². The molecule has 2 aromatic rings. The standard InChI is InChI=1S/C12H11O7PS/c13-12(17-1-2-20(14,15)16)11-4-7-3-8-9(19-6-18-8)5-10(7)21-11/h3-5H,1-2,6H2,(H2,14,15,16). The van der Waals surface area contributed by atoms with E-state index in [-0.39, 0.29) is 13.4 Å². The van der Waals surface area contributed by atoms with Crippen LogP contribution in [0.2, 0.25) is 0 Å². The van der Waals surface area contributed by atoms with Crippen molar-refractivity contribution >= 4 is 35.0 Å². The smallest absolute Gasteiger partial charge is 0.348 e. The van der Waals surface area contributed by atoms with Crippen molar-refractivity contribution in [3.05, 3.63) is 23.1 Å². The molecule has 21 heavy (non-hydrogen) atoms. The van der Waals surface area contributed by atoms with E-state index in [1.807, 2.05) is 0 Å². The zero-order chi connectivity index (χ0) is 15.0. The van der Waals surface area contributed by atoms with Crippen LogP contribution in [0.5, 0.6) is 11.5 Å². The van der Waals surface area contributed by atoms with Crippen molar-refractivity contribution in [3.8, 4) is 11.5 Å². The van der Waals surface area contributed by atoms with Gasteiger partial charge in [0.2, 0.25) is 6.79 Å². The summed E-state index contributed by atoms with van der Waals surface area (Å²) >= 11 is 1.23. The highest BCUT2D eigenvalue weighted by Crippen LogP contribution is 2.39. The molecule has 1 aromatic heterocycles. The Kier molecular flexibility index (Phi) is 3.62. The van der Waals surface area contributed by atoms with Crippen molar-refractivity contribution in [3.63, 3.8) is 0 Å². The highest BCUT2D eigenvalue weighted by atomic mass is 32.1. The third-order valence-electron chi connectivity index (χ3n) is 2.83. The molecule has 0 aliphatic carbocycles. The maximum atomic E-state index is 11.8. The van der Waals surface area contributed by atoms with Gasteiger partial charge in [0.05, 0.1) is 6.16 Å². The van der Waals surface area contributed by atoms with Gasteiger partial charge in [-0.25, -0.2) is 4.79 Å². The normalized spacial score (nSPS) is 13.6. The lowest BCUT2D eigenvalue weighted by molar-refractivity contribution is 0.0531. The molecule has 7 nitrogen and oxygen atoms in total. The quantitative estimate of drug-likeness (QED) is 0.652. The van der Waals surface area contributed by atoms with Crippen LogP contribution in [0.15, 0.2) is 18.2 Å². The monoisotopic (exact) mass is 330 g/mol. The Morgan fingerprint density at radius 3 is 2.71 bits per heavy atom. The number of rotatable bonds is 4. The van der Waals surface area contributed by atoms with Crippen LogP contribution in [-0.2, 0) is 9.30 Å². The van der Waals surface area contributed by atoms with Crippen molar-refractivity contribution in [2.75, 3.05) is 19.6 Å². The molecule has 112 valence electrons. The number of fused-ring (bicyclic) bond motifs is 2. The van der Waals surface area contributed by atoms with Gasteiger partial charge in [-0.15, -0.1) is 11.3 Å². The van der Waals surface area contributed by atoms with E-state index in [9.17, 15) is 9.36 Å². The van der Waals surface area contributed by atoms with Gasteiger partial charge in [0.15, 0.2) is 11.5 Å². The number of hydrogen-bond donors (Lipinski definition) is 2. The minimum Gasteiger partial charge on any atom is -0.461 e. The average molecular weight is 330 g/mol. The van der Waals surface area contributed by atoms with Gasteiger partial charge in [-0.2, -0.15) is 0 Å². The molecule has 0 radical (unpaired) electrons. The first-order chi connectivity index (χ1) is 9.92. The number of esters is 1. The first-order valence-electron chi connectivity index (χ1n) is 5.97. The van der Waals surface area contributed by atoms with E-state index in [2.05, 4.69) is 0 Å². The van der Waals surface area contributed by atoms with Crippen LogP contribution in [0.4, 0.5) is 0 Å². The van der Waals surface area contributed by atoms with Crippen LogP contribution in [0.1, 0.15) is 9.67 Å². The van der Waals surface area contributed by atoms with E-state index in [0.717, 1.165) is 10.1 Å². The summed E-state index contributed by atoms with van der Waals surface area (Å²) in [5, 5.41) is 0.825. The van der Waals surface area contributed by atoms with Crippen LogP contribution in [-0.4, -0.2) is 35.3 Å². The van der Waals surface area contributed by atoms with Gasteiger partial charge in [0.1, 0.15) is 11.5 Å². The van der Waals surface area contributed by atoms with E-state index in [0.29, 0.717) is 16.4 Å². The topological polar surface area (TPSA) is 102 Å². The minimum atomic E-state index is -4.16. The molecule has 3 rings (SSSR count). The Balaban J connectivity index is 1.75. The Morgan fingerprint density at radius 2 is 2.00 bits per heavy atom. The van der Waals surface area contributed by atoms with Gasteiger partial charge in [-0.1, -0.05) is 0 Å². The fraction of sp³-hybridized carbons (Fsp3) is 0.250. The Bertz CT molecular complexity index is 706. The molecule has 1 aliphatic rings. The summed E-state index contributed by atoms with van der Waals surface area (Å²) in [5.41, 5.74) is 0. The lowest BCUT2D eigenvalue weighted by atomic mass is 10.2. The molecule has 0 atom stereocenters. The van der Waals surface area contributed by atoms with Gasteiger partial charge >= 0.3 is 13.6 Å². The first kappa shape index (κ1) is 14.3.